The fraction of sp³-hybridized carbons (Fsp3) is 0.417. The van der Waals surface area contributed by atoms with E-state index in [9.17, 15) is 9.00 Å². The number of carbonyl (C=O) groups excluding carboxylic acids is 1. The number of carbonyl (C=O) groups is 1. The minimum atomic E-state index is -2.80. The van der Waals surface area contributed by atoms with Gasteiger partial charge in [0.15, 0.2) is 0 Å². The van der Waals surface area contributed by atoms with Crippen LogP contribution in [0, 0.1) is 11.3 Å². The summed E-state index contributed by atoms with van der Waals surface area (Å²) in [6.07, 6.45) is 4.31. The van der Waals surface area contributed by atoms with Crippen molar-refractivity contribution in [3.05, 3.63) is 59.2 Å². The third kappa shape index (κ3) is 5.09. The predicted molar refractivity (Wildman–Crippen MR) is 120 cm³/mol. The molecule has 1 amide bonds. The van der Waals surface area contributed by atoms with Gasteiger partial charge < -0.3 is 10.1 Å². The highest BCUT2D eigenvalue weighted by Crippen LogP contribution is 2.35. The molecule has 1 aliphatic rings. The first kappa shape index (κ1) is 22.0. The number of nitrogens with one attached hydrogen (secondary N) is 1. The van der Waals surface area contributed by atoms with Crippen molar-refractivity contribution in [3.8, 4) is 6.07 Å². The molecule has 1 aliphatic carbocycles. The fourth-order valence-electron chi connectivity index (χ4n) is 3.89. The molecule has 1 N–H and O–H groups in total. The lowest BCUT2D eigenvalue weighted by Crippen LogP contribution is -2.35. The first-order chi connectivity index (χ1) is 14.1. The molecule has 0 aliphatic heterocycles. The number of thiol groups is 1. The molecular weight excluding hydrogens is 396 g/mol. The standard InChI is InChI=1S/C24H30N2O3S/c1-24(2,3)29-23(27)26-16-19-9-6-8-18-14-21(11-12-22(18)19)30(4,28)20-10-5-7-17(13-20)15-25/h5,7,10-14,19,30H,6,8-9,16H2,1-4H3,(H,26,27)/t19-/m0/s1. The second kappa shape index (κ2) is 8.61. The number of nitriles is 1. The predicted octanol–water partition coefficient (Wildman–Crippen LogP) is 4.57. The number of ether oxygens (including phenoxy) is 1. The average molecular weight is 427 g/mol. The van der Waals surface area contributed by atoms with Crippen molar-refractivity contribution in [2.75, 3.05) is 12.8 Å². The Labute approximate surface area is 179 Å². The van der Waals surface area contributed by atoms with E-state index in [-0.39, 0.29) is 5.92 Å². The van der Waals surface area contributed by atoms with Gasteiger partial charge in [-0.1, -0.05) is 22.1 Å². The zero-order valence-electron chi connectivity index (χ0n) is 18.1. The second-order valence-corrected chi connectivity index (χ2v) is 11.8. The fourth-order valence-corrected chi connectivity index (χ4v) is 5.70. The molecule has 0 saturated carbocycles. The van der Waals surface area contributed by atoms with E-state index in [1.807, 2.05) is 32.9 Å². The Hall–Kier alpha value is -2.65. The van der Waals surface area contributed by atoms with Crippen LogP contribution in [-0.2, 0) is 21.1 Å². The Balaban J connectivity index is 1.80. The Morgan fingerprint density at radius 3 is 2.67 bits per heavy atom. The SMILES string of the molecule is CC(C)(C)OC(=O)NC[C@@H]1CCCc2cc([SH](C)(=O)c3cccc(C#N)c3)ccc21. The molecule has 6 heteroatoms. The van der Waals surface area contributed by atoms with Gasteiger partial charge in [-0.25, -0.2) is 4.79 Å². The summed E-state index contributed by atoms with van der Waals surface area (Å²) in [4.78, 5) is 13.5. The molecule has 30 heavy (non-hydrogen) atoms. The van der Waals surface area contributed by atoms with Gasteiger partial charge in [-0.3, -0.25) is 4.21 Å². The highest BCUT2D eigenvalue weighted by molar-refractivity contribution is 8.02. The number of hydrogen-bond acceptors (Lipinski definition) is 4. The van der Waals surface area contributed by atoms with E-state index in [1.54, 1.807) is 24.5 Å². The number of alkyl carbamates (subject to hydrolysis) is 1. The minimum absolute atomic E-state index is 0.216. The first-order valence-electron chi connectivity index (χ1n) is 10.3. The van der Waals surface area contributed by atoms with Gasteiger partial charge in [-0.2, -0.15) is 5.26 Å². The van der Waals surface area contributed by atoms with Crippen LogP contribution in [0.1, 0.15) is 56.2 Å². The van der Waals surface area contributed by atoms with Crippen LogP contribution in [0.5, 0.6) is 0 Å². The van der Waals surface area contributed by atoms with Gasteiger partial charge in [0.1, 0.15) is 5.60 Å². The summed E-state index contributed by atoms with van der Waals surface area (Å²) >= 11 is 0. The highest BCUT2D eigenvalue weighted by Gasteiger charge is 2.24. The lowest BCUT2D eigenvalue weighted by atomic mass is 9.83. The van der Waals surface area contributed by atoms with Gasteiger partial charge in [-0.15, -0.1) is 0 Å². The molecule has 0 fully saturated rings. The molecular formula is C24H30N2O3S. The van der Waals surface area contributed by atoms with Crippen LogP contribution in [0.3, 0.4) is 0 Å². The number of benzene rings is 2. The van der Waals surface area contributed by atoms with Crippen molar-refractivity contribution >= 4 is 16.0 Å². The molecule has 1 atom stereocenters. The van der Waals surface area contributed by atoms with E-state index in [4.69, 9.17) is 10.00 Å². The molecule has 3 rings (SSSR count). The largest absolute Gasteiger partial charge is 0.444 e. The topological polar surface area (TPSA) is 79.2 Å². The summed E-state index contributed by atoms with van der Waals surface area (Å²) in [6, 6.07) is 15.2. The van der Waals surface area contributed by atoms with Gasteiger partial charge in [-0.05, 0) is 87.7 Å². The summed E-state index contributed by atoms with van der Waals surface area (Å²) in [5, 5.41) is 12.0. The monoisotopic (exact) mass is 426 g/mol. The van der Waals surface area contributed by atoms with E-state index >= 15 is 0 Å². The van der Waals surface area contributed by atoms with Gasteiger partial charge in [0, 0.05) is 22.3 Å². The Morgan fingerprint density at radius 1 is 1.23 bits per heavy atom. The van der Waals surface area contributed by atoms with Gasteiger partial charge >= 0.3 is 6.09 Å². The minimum Gasteiger partial charge on any atom is -0.444 e. The van der Waals surface area contributed by atoms with E-state index in [0.717, 1.165) is 24.2 Å². The molecule has 160 valence electrons. The lowest BCUT2D eigenvalue weighted by molar-refractivity contribution is 0.0523. The lowest BCUT2D eigenvalue weighted by Gasteiger charge is -2.28. The number of amides is 1. The molecule has 0 radical (unpaired) electrons. The van der Waals surface area contributed by atoms with Crippen LogP contribution < -0.4 is 5.32 Å². The first-order valence-corrected chi connectivity index (χ1v) is 12.4. The van der Waals surface area contributed by atoms with Crippen molar-refractivity contribution in [1.29, 1.82) is 5.26 Å². The van der Waals surface area contributed by atoms with Crippen LogP contribution >= 0.6 is 0 Å². The third-order valence-corrected chi connectivity index (χ3v) is 7.94. The van der Waals surface area contributed by atoms with Gasteiger partial charge in [0.05, 0.1) is 11.6 Å². The number of nitrogens with zero attached hydrogens (tertiary/aromatic N) is 1. The Kier molecular flexibility index (Phi) is 6.33. The van der Waals surface area contributed by atoms with Crippen LogP contribution in [0.25, 0.3) is 0 Å². The Morgan fingerprint density at radius 2 is 1.97 bits per heavy atom. The van der Waals surface area contributed by atoms with E-state index in [0.29, 0.717) is 17.0 Å². The van der Waals surface area contributed by atoms with Crippen LogP contribution in [0.4, 0.5) is 4.79 Å². The van der Waals surface area contributed by atoms with Crippen molar-refractivity contribution in [2.24, 2.45) is 0 Å². The van der Waals surface area contributed by atoms with Crippen molar-refractivity contribution in [2.45, 2.75) is 61.3 Å². The molecule has 0 unspecified atom stereocenters. The highest BCUT2D eigenvalue weighted by atomic mass is 32.2. The average Bonchev–Trinajstić information content (AvgIpc) is 2.70. The number of fused-ring (bicyclic) bond motifs is 1. The van der Waals surface area contributed by atoms with Crippen LogP contribution in [0.2, 0.25) is 0 Å². The summed E-state index contributed by atoms with van der Waals surface area (Å²) in [6.45, 7) is 6.06. The van der Waals surface area contributed by atoms with E-state index in [1.165, 1.54) is 11.1 Å². The van der Waals surface area contributed by atoms with Crippen molar-refractivity contribution in [1.82, 2.24) is 5.32 Å². The third-order valence-electron chi connectivity index (χ3n) is 5.42. The maximum atomic E-state index is 13.6. The van der Waals surface area contributed by atoms with Crippen LogP contribution in [-0.4, -0.2) is 28.7 Å². The van der Waals surface area contributed by atoms with E-state index < -0.39 is 21.6 Å². The van der Waals surface area contributed by atoms with Crippen molar-refractivity contribution in [3.63, 3.8) is 0 Å². The molecule has 2 aromatic rings. The number of aryl methyl sites for hydroxylation is 1. The number of rotatable bonds is 4. The van der Waals surface area contributed by atoms with Gasteiger partial charge in [0.2, 0.25) is 0 Å². The molecule has 5 nitrogen and oxygen atoms in total. The molecule has 2 aromatic carbocycles. The summed E-state index contributed by atoms with van der Waals surface area (Å²) in [7, 11) is -2.80. The quantitative estimate of drug-likeness (QED) is 0.702. The summed E-state index contributed by atoms with van der Waals surface area (Å²) in [5.41, 5.74) is 2.38. The second-order valence-electron chi connectivity index (χ2n) is 8.94. The van der Waals surface area contributed by atoms with Crippen LogP contribution in [0.15, 0.2) is 52.3 Å². The van der Waals surface area contributed by atoms with Gasteiger partial charge in [0.25, 0.3) is 0 Å². The smallest absolute Gasteiger partial charge is 0.407 e. The zero-order chi connectivity index (χ0) is 21.9. The van der Waals surface area contributed by atoms with Crippen molar-refractivity contribution < 1.29 is 13.7 Å². The number of hydrogen-bond donors (Lipinski definition) is 2. The molecule has 0 spiro atoms. The van der Waals surface area contributed by atoms with E-state index in [2.05, 4.69) is 23.5 Å². The normalized spacial score (nSPS) is 16.8. The maximum Gasteiger partial charge on any atom is 0.407 e. The zero-order valence-corrected chi connectivity index (χ0v) is 19.0. The Bertz CT molecular complexity index is 1030. The summed E-state index contributed by atoms with van der Waals surface area (Å²) < 4.78 is 19.0. The molecule has 0 saturated heterocycles. The molecule has 0 heterocycles. The maximum absolute atomic E-state index is 13.6. The summed E-state index contributed by atoms with van der Waals surface area (Å²) in [5.74, 6) is 0.216. The molecule has 0 bridgehead atoms. The molecule has 0 aromatic heterocycles.